The van der Waals surface area contributed by atoms with Crippen molar-refractivity contribution in [2.75, 3.05) is 19.6 Å². The highest BCUT2D eigenvalue weighted by molar-refractivity contribution is 7.89. The monoisotopic (exact) mass is 447 g/mol. The Hall–Kier alpha value is -2.33. The van der Waals surface area contributed by atoms with E-state index in [-0.39, 0.29) is 16.6 Å². The molecule has 0 bridgehead atoms. The van der Waals surface area contributed by atoms with E-state index >= 15 is 0 Å². The van der Waals surface area contributed by atoms with E-state index in [9.17, 15) is 13.2 Å². The number of sulfonamides is 1. The summed E-state index contributed by atoms with van der Waals surface area (Å²) in [5.74, 6) is 0.672. The predicted molar refractivity (Wildman–Crippen MR) is 113 cm³/mol. The number of hydrogen-bond acceptors (Lipinski definition) is 7. The Balaban J connectivity index is 1.77. The van der Waals surface area contributed by atoms with Crippen molar-refractivity contribution in [3.63, 3.8) is 0 Å². The molecule has 1 amide bonds. The molecule has 4 heterocycles. The smallest absolute Gasteiger partial charge is 0.257 e. The van der Waals surface area contributed by atoms with Crippen molar-refractivity contribution < 1.29 is 17.7 Å². The number of carbonyl (C=O) groups excluding carboxylic acids is 1. The molecule has 0 unspecified atom stereocenters. The number of rotatable bonds is 4. The van der Waals surface area contributed by atoms with Crippen LogP contribution in [0.5, 0.6) is 0 Å². The second kappa shape index (κ2) is 8.66. The van der Waals surface area contributed by atoms with Crippen molar-refractivity contribution in [3.05, 3.63) is 34.7 Å². The number of hydrogen-bond donors (Lipinski definition) is 0. The minimum Gasteiger partial charge on any atom is -0.360 e. The van der Waals surface area contributed by atoms with Crippen LogP contribution in [-0.4, -0.2) is 58.3 Å². The molecule has 2 aromatic rings. The van der Waals surface area contributed by atoms with E-state index in [1.54, 1.807) is 27.0 Å². The van der Waals surface area contributed by atoms with Crippen LogP contribution in [0.2, 0.25) is 0 Å². The molecule has 2 fully saturated rings. The van der Waals surface area contributed by atoms with Gasteiger partial charge in [-0.05, 0) is 52.9 Å². The van der Waals surface area contributed by atoms with E-state index in [1.807, 2.05) is 4.90 Å². The molecule has 4 rings (SSSR count). The molecule has 2 aliphatic heterocycles. The quantitative estimate of drug-likeness (QED) is 0.709. The van der Waals surface area contributed by atoms with E-state index in [0.29, 0.717) is 48.8 Å². The predicted octanol–water partition coefficient (Wildman–Crippen LogP) is 2.93. The Morgan fingerprint density at radius 1 is 1.06 bits per heavy atom. The zero-order valence-electron chi connectivity index (χ0n) is 18.3. The van der Waals surface area contributed by atoms with Crippen LogP contribution in [0, 0.1) is 20.8 Å². The van der Waals surface area contributed by atoms with Crippen molar-refractivity contribution >= 4 is 15.9 Å². The molecule has 9 nitrogen and oxygen atoms in total. The molecule has 0 N–H and O–H groups in total. The summed E-state index contributed by atoms with van der Waals surface area (Å²) in [6, 6.07) is -0.530. The van der Waals surface area contributed by atoms with E-state index in [1.165, 1.54) is 4.31 Å². The van der Waals surface area contributed by atoms with Crippen LogP contribution >= 0.6 is 0 Å². The van der Waals surface area contributed by atoms with E-state index in [2.05, 4.69) is 15.1 Å². The fourth-order valence-corrected chi connectivity index (χ4v) is 6.56. The first kappa shape index (κ1) is 21.9. The summed E-state index contributed by atoms with van der Waals surface area (Å²) in [7, 11) is -3.87. The number of aromatic nitrogens is 3. The maximum absolute atomic E-state index is 13.6. The average Bonchev–Trinajstić information content (AvgIpc) is 3.12. The summed E-state index contributed by atoms with van der Waals surface area (Å²) in [4.78, 5) is 24.1. The number of amides is 1. The fourth-order valence-electron chi connectivity index (χ4n) is 4.60. The summed E-state index contributed by atoms with van der Waals surface area (Å²) in [6.45, 7) is 6.76. The molecule has 0 saturated carbocycles. The van der Waals surface area contributed by atoms with Gasteiger partial charge < -0.3 is 9.42 Å². The van der Waals surface area contributed by atoms with E-state index in [0.717, 1.165) is 32.1 Å². The number of piperidine rings is 2. The highest BCUT2D eigenvalue weighted by Gasteiger charge is 2.40. The molecule has 2 saturated heterocycles. The lowest BCUT2D eigenvalue weighted by atomic mass is 9.97. The minimum absolute atomic E-state index is 0.106. The van der Waals surface area contributed by atoms with Gasteiger partial charge in [0.2, 0.25) is 10.0 Å². The van der Waals surface area contributed by atoms with E-state index < -0.39 is 16.1 Å². The zero-order valence-corrected chi connectivity index (χ0v) is 19.1. The first-order valence-corrected chi connectivity index (χ1v) is 12.3. The standard InChI is InChI=1S/C21H29N5O4S/c1-14-20(15(2)30-24-14)31(28,29)26-12-8-5-9-18(26)19-17(13-22-16(3)23-19)21(27)25-10-6-4-7-11-25/h13,18H,4-12H2,1-3H3/t18-/m1/s1. The van der Waals surface area contributed by atoms with Gasteiger partial charge in [0.05, 0.1) is 17.3 Å². The highest BCUT2D eigenvalue weighted by Crippen LogP contribution is 2.37. The maximum atomic E-state index is 13.6. The fraction of sp³-hybridized carbons (Fsp3) is 0.619. The van der Waals surface area contributed by atoms with Crippen LogP contribution in [0.4, 0.5) is 0 Å². The highest BCUT2D eigenvalue weighted by atomic mass is 32.2. The van der Waals surface area contributed by atoms with Crippen molar-refractivity contribution in [3.8, 4) is 0 Å². The Labute approximate surface area is 182 Å². The second-order valence-corrected chi connectivity index (χ2v) is 10.2. The lowest BCUT2D eigenvalue weighted by Crippen LogP contribution is -2.41. The molecule has 0 aliphatic carbocycles. The number of likely N-dealkylation sites (tertiary alicyclic amines) is 1. The van der Waals surface area contributed by atoms with Gasteiger partial charge in [-0.2, -0.15) is 4.31 Å². The molecule has 0 radical (unpaired) electrons. The number of nitrogens with zero attached hydrogens (tertiary/aromatic N) is 5. The maximum Gasteiger partial charge on any atom is 0.257 e. The first-order chi connectivity index (χ1) is 14.8. The van der Waals surface area contributed by atoms with Crippen LogP contribution in [0.1, 0.15) is 77.9 Å². The average molecular weight is 448 g/mol. The lowest BCUT2D eigenvalue weighted by molar-refractivity contribution is 0.0719. The number of carbonyl (C=O) groups is 1. The molecule has 10 heteroatoms. The Kier molecular flexibility index (Phi) is 6.11. The van der Waals surface area contributed by atoms with Crippen LogP contribution in [0.25, 0.3) is 0 Å². The third kappa shape index (κ3) is 4.10. The van der Waals surface area contributed by atoms with E-state index in [4.69, 9.17) is 4.52 Å². The number of aryl methyl sites for hydroxylation is 3. The van der Waals surface area contributed by atoms with Crippen molar-refractivity contribution in [2.45, 2.75) is 70.2 Å². The molecule has 31 heavy (non-hydrogen) atoms. The van der Waals surface area contributed by atoms with Crippen LogP contribution in [-0.2, 0) is 10.0 Å². The van der Waals surface area contributed by atoms with Gasteiger partial charge in [0.15, 0.2) is 5.76 Å². The molecule has 0 spiro atoms. The van der Waals surface area contributed by atoms with Gasteiger partial charge in [0.1, 0.15) is 16.4 Å². The van der Waals surface area contributed by atoms with Crippen molar-refractivity contribution in [1.29, 1.82) is 0 Å². The Morgan fingerprint density at radius 3 is 2.45 bits per heavy atom. The van der Waals surface area contributed by atoms with Gasteiger partial charge in [-0.25, -0.2) is 18.4 Å². The lowest BCUT2D eigenvalue weighted by Gasteiger charge is -2.35. The SMILES string of the molecule is Cc1ncc(C(=O)N2CCCCC2)c([C@H]2CCCCN2S(=O)(=O)c2c(C)noc2C)n1. The van der Waals surface area contributed by atoms with Gasteiger partial charge in [0.25, 0.3) is 5.91 Å². The Morgan fingerprint density at radius 2 is 1.77 bits per heavy atom. The third-order valence-electron chi connectivity index (χ3n) is 6.12. The molecular formula is C21H29N5O4S. The molecule has 1 atom stereocenters. The van der Waals surface area contributed by atoms with Gasteiger partial charge in [-0.1, -0.05) is 11.6 Å². The summed E-state index contributed by atoms with van der Waals surface area (Å²) >= 11 is 0. The molecule has 0 aromatic carbocycles. The molecule has 2 aromatic heterocycles. The van der Waals surface area contributed by atoms with Gasteiger partial charge in [-0.15, -0.1) is 0 Å². The minimum atomic E-state index is -3.87. The Bertz CT molecular complexity index is 1060. The summed E-state index contributed by atoms with van der Waals surface area (Å²) < 4.78 is 33.9. The topological polar surface area (TPSA) is 110 Å². The van der Waals surface area contributed by atoms with Crippen LogP contribution in [0.3, 0.4) is 0 Å². The summed E-state index contributed by atoms with van der Waals surface area (Å²) in [5, 5.41) is 3.83. The first-order valence-electron chi connectivity index (χ1n) is 10.9. The normalized spacial score (nSPS) is 20.7. The van der Waals surface area contributed by atoms with Gasteiger partial charge in [0, 0.05) is 25.8 Å². The van der Waals surface area contributed by atoms with Crippen molar-refractivity contribution in [1.82, 2.24) is 24.3 Å². The molecule has 2 aliphatic rings. The van der Waals surface area contributed by atoms with Crippen LogP contribution < -0.4 is 0 Å². The zero-order chi connectivity index (χ0) is 22.2. The van der Waals surface area contributed by atoms with Gasteiger partial charge in [-0.3, -0.25) is 4.79 Å². The summed E-state index contributed by atoms with van der Waals surface area (Å²) in [6.07, 6.45) is 6.83. The second-order valence-electron chi connectivity index (χ2n) is 8.35. The molecule has 168 valence electrons. The largest absolute Gasteiger partial charge is 0.360 e. The van der Waals surface area contributed by atoms with Crippen molar-refractivity contribution in [2.24, 2.45) is 0 Å². The van der Waals surface area contributed by atoms with Crippen LogP contribution in [0.15, 0.2) is 15.6 Å². The molecular weight excluding hydrogens is 418 g/mol. The van der Waals surface area contributed by atoms with Gasteiger partial charge >= 0.3 is 0 Å². The summed E-state index contributed by atoms with van der Waals surface area (Å²) in [5.41, 5.74) is 1.24. The third-order valence-corrected chi connectivity index (χ3v) is 8.27.